The van der Waals surface area contributed by atoms with E-state index in [0.29, 0.717) is 5.75 Å². The van der Waals surface area contributed by atoms with Gasteiger partial charge in [0.1, 0.15) is 10.4 Å². The Kier molecular flexibility index (Phi) is 4.76. The third kappa shape index (κ3) is 3.47. The first kappa shape index (κ1) is 13.5. The number of halogens is 1. The van der Waals surface area contributed by atoms with Gasteiger partial charge >= 0.3 is 0 Å². The highest BCUT2D eigenvalue weighted by molar-refractivity contribution is 9.10. The van der Waals surface area contributed by atoms with Crippen molar-refractivity contribution in [2.45, 2.75) is 13.0 Å². The monoisotopic (exact) mass is 307 g/mol. The molecule has 0 heterocycles. The highest BCUT2D eigenvalue weighted by Gasteiger charge is 2.16. The van der Waals surface area contributed by atoms with E-state index in [1.165, 1.54) is 0 Å². The van der Waals surface area contributed by atoms with E-state index in [1.54, 1.807) is 20.1 Å². The van der Waals surface area contributed by atoms with Crippen LogP contribution < -0.4 is 9.46 Å². The maximum absolute atomic E-state index is 11.4. The SMILES string of the molecule is COc1ccccc1[C@@H](C)NS(=O)(=O)CBr. The van der Waals surface area contributed by atoms with E-state index in [2.05, 4.69) is 20.7 Å². The minimum Gasteiger partial charge on any atom is -0.496 e. The van der Waals surface area contributed by atoms with E-state index in [9.17, 15) is 8.42 Å². The number of nitrogens with one attached hydrogen (secondary N) is 1. The van der Waals surface area contributed by atoms with Crippen molar-refractivity contribution < 1.29 is 13.2 Å². The summed E-state index contributed by atoms with van der Waals surface area (Å²) in [5.74, 6) is 0.673. The number of benzene rings is 1. The molecule has 16 heavy (non-hydrogen) atoms. The van der Waals surface area contributed by atoms with Crippen molar-refractivity contribution in [3.63, 3.8) is 0 Å². The van der Waals surface area contributed by atoms with Gasteiger partial charge in [-0.2, -0.15) is 0 Å². The summed E-state index contributed by atoms with van der Waals surface area (Å²) < 4.78 is 30.4. The Morgan fingerprint density at radius 3 is 2.62 bits per heavy atom. The van der Waals surface area contributed by atoms with Crippen LogP contribution in [0.15, 0.2) is 24.3 Å². The first-order chi connectivity index (χ1) is 7.50. The molecule has 1 rings (SSSR count). The van der Waals surface area contributed by atoms with Gasteiger partial charge in [0.05, 0.1) is 7.11 Å². The summed E-state index contributed by atoms with van der Waals surface area (Å²) in [6.45, 7) is 1.78. The molecule has 1 aromatic carbocycles. The van der Waals surface area contributed by atoms with E-state index < -0.39 is 10.0 Å². The molecule has 0 aliphatic rings. The van der Waals surface area contributed by atoms with Gasteiger partial charge in [-0.05, 0) is 13.0 Å². The Morgan fingerprint density at radius 1 is 1.44 bits per heavy atom. The van der Waals surface area contributed by atoms with Crippen LogP contribution >= 0.6 is 15.9 Å². The summed E-state index contributed by atoms with van der Waals surface area (Å²) in [5.41, 5.74) is 0.814. The van der Waals surface area contributed by atoms with Crippen LogP contribution in [0.3, 0.4) is 0 Å². The lowest BCUT2D eigenvalue weighted by atomic mass is 10.1. The molecule has 0 spiro atoms. The molecule has 0 amide bonds. The van der Waals surface area contributed by atoms with Gasteiger partial charge in [-0.25, -0.2) is 13.1 Å². The molecule has 90 valence electrons. The third-order valence-corrected chi connectivity index (χ3v) is 4.91. The molecule has 0 aliphatic carbocycles. The molecule has 0 saturated carbocycles. The van der Waals surface area contributed by atoms with Gasteiger partial charge in [-0.1, -0.05) is 34.1 Å². The Bertz CT molecular complexity index is 447. The second-order valence-electron chi connectivity index (χ2n) is 3.31. The van der Waals surface area contributed by atoms with Crippen LogP contribution in [-0.2, 0) is 10.0 Å². The number of ether oxygens (including phenoxy) is 1. The number of alkyl halides is 1. The molecule has 0 bridgehead atoms. The summed E-state index contributed by atoms with van der Waals surface area (Å²) in [6, 6.07) is 7.00. The molecule has 1 N–H and O–H groups in total. The van der Waals surface area contributed by atoms with Gasteiger partial charge in [0.15, 0.2) is 0 Å². The molecule has 6 heteroatoms. The normalized spacial score (nSPS) is 13.4. The Labute approximate surface area is 104 Å². The Hall–Kier alpha value is -0.590. The van der Waals surface area contributed by atoms with Crippen LogP contribution in [0.5, 0.6) is 5.75 Å². The zero-order valence-corrected chi connectivity index (χ0v) is 11.5. The van der Waals surface area contributed by atoms with Crippen molar-refractivity contribution in [2.24, 2.45) is 0 Å². The van der Waals surface area contributed by atoms with Crippen molar-refractivity contribution in [1.82, 2.24) is 4.72 Å². The van der Waals surface area contributed by atoms with Crippen molar-refractivity contribution in [2.75, 3.05) is 11.8 Å². The summed E-state index contributed by atoms with van der Waals surface area (Å²) in [7, 11) is -1.72. The quantitative estimate of drug-likeness (QED) is 0.847. The van der Waals surface area contributed by atoms with Crippen LogP contribution in [-0.4, -0.2) is 20.2 Å². The third-order valence-electron chi connectivity index (χ3n) is 2.11. The molecular formula is C10H14BrNO3S. The molecule has 0 unspecified atom stereocenters. The van der Waals surface area contributed by atoms with Crippen molar-refractivity contribution >= 4 is 26.0 Å². The molecule has 0 aliphatic heterocycles. The number of hydrogen-bond donors (Lipinski definition) is 1. The van der Waals surface area contributed by atoms with Gasteiger partial charge in [-0.3, -0.25) is 0 Å². The second kappa shape index (κ2) is 5.65. The van der Waals surface area contributed by atoms with E-state index >= 15 is 0 Å². The number of para-hydroxylation sites is 1. The largest absolute Gasteiger partial charge is 0.496 e. The highest BCUT2D eigenvalue weighted by atomic mass is 79.9. The molecule has 1 aromatic rings. The van der Waals surface area contributed by atoms with Crippen LogP contribution in [0.1, 0.15) is 18.5 Å². The van der Waals surface area contributed by atoms with E-state index in [0.717, 1.165) is 5.56 Å². The summed E-state index contributed by atoms with van der Waals surface area (Å²) in [5, 5.41) is 0. The minimum atomic E-state index is -3.28. The molecule has 1 atom stereocenters. The molecule has 4 nitrogen and oxygen atoms in total. The molecule has 0 radical (unpaired) electrons. The number of hydrogen-bond acceptors (Lipinski definition) is 3. The Morgan fingerprint density at radius 2 is 2.06 bits per heavy atom. The lowest BCUT2D eigenvalue weighted by Crippen LogP contribution is -2.27. The summed E-state index contributed by atoms with van der Waals surface area (Å²) in [4.78, 5) is 0. The zero-order chi connectivity index (χ0) is 12.2. The predicted molar refractivity (Wildman–Crippen MR) is 67.3 cm³/mol. The fourth-order valence-corrected chi connectivity index (χ4v) is 2.51. The number of methoxy groups -OCH3 is 1. The molecular weight excluding hydrogens is 294 g/mol. The van der Waals surface area contributed by atoms with Crippen molar-refractivity contribution in [3.05, 3.63) is 29.8 Å². The molecule has 0 aromatic heterocycles. The lowest BCUT2D eigenvalue weighted by Gasteiger charge is -2.16. The zero-order valence-electron chi connectivity index (χ0n) is 9.10. The second-order valence-corrected chi connectivity index (χ2v) is 6.36. The van der Waals surface area contributed by atoms with E-state index in [-0.39, 0.29) is 10.7 Å². The van der Waals surface area contributed by atoms with Crippen LogP contribution in [0.2, 0.25) is 0 Å². The van der Waals surface area contributed by atoms with Gasteiger partial charge in [-0.15, -0.1) is 0 Å². The van der Waals surface area contributed by atoms with Crippen LogP contribution in [0, 0.1) is 0 Å². The average Bonchev–Trinajstić information content (AvgIpc) is 2.28. The van der Waals surface area contributed by atoms with Gasteiger partial charge in [0, 0.05) is 11.6 Å². The lowest BCUT2D eigenvalue weighted by molar-refractivity contribution is 0.405. The fraction of sp³-hybridized carbons (Fsp3) is 0.400. The first-order valence-electron chi connectivity index (χ1n) is 4.69. The smallest absolute Gasteiger partial charge is 0.222 e. The van der Waals surface area contributed by atoms with Crippen molar-refractivity contribution in [1.29, 1.82) is 0 Å². The summed E-state index contributed by atoms with van der Waals surface area (Å²) in [6.07, 6.45) is 0. The molecule has 0 saturated heterocycles. The number of sulfonamides is 1. The molecule has 0 fully saturated rings. The Balaban J connectivity index is 2.92. The average molecular weight is 308 g/mol. The number of rotatable bonds is 5. The maximum atomic E-state index is 11.4. The van der Waals surface area contributed by atoms with Crippen LogP contribution in [0.25, 0.3) is 0 Å². The van der Waals surface area contributed by atoms with Gasteiger partial charge in [0.25, 0.3) is 0 Å². The van der Waals surface area contributed by atoms with Gasteiger partial charge < -0.3 is 4.74 Å². The fourth-order valence-electron chi connectivity index (χ4n) is 1.39. The topological polar surface area (TPSA) is 55.4 Å². The minimum absolute atomic E-state index is 0.112. The standard InChI is InChI=1S/C10H14BrNO3S/c1-8(12-16(13,14)7-11)9-5-3-4-6-10(9)15-2/h3-6,8,12H,7H2,1-2H3/t8-/m1/s1. The van der Waals surface area contributed by atoms with Crippen LogP contribution in [0.4, 0.5) is 0 Å². The van der Waals surface area contributed by atoms with Gasteiger partial charge in [0.2, 0.25) is 10.0 Å². The highest BCUT2D eigenvalue weighted by Crippen LogP contribution is 2.24. The van der Waals surface area contributed by atoms with E-state index in [4.69, 9.17) is 4.74 Å². The maximum Gasteiger partial charge on any atom is 0.222 e. The predicted octanol–water partition coefficient (Wildman–Crippen LogP) is 2.03. The van der Waals surface area contributed by atoms with Crippen molar-refractivity contribution in [3.8, 4) is 5.75 Å². The van der Waals surface area contributed by atoms with E-state index in [1.807, 2.05) is 18.2 Å². The summed E-state index contributed by atoms with van der Waals surface area (Å²) >= 11 is 2.93. The first-order valence-corrected chi connectivity index (χ1v) is 7.46.